The highest BCUT2D eigenvalue weighted by molar-refractivity contribution is 6.02. The van der Waals surface area contributed by atoms with Crippen LogP contribution in [-0.2, 0) is 9.47 Å². The molecular weight excluding hydrogens is 184 g/mol. The predicted octanol–water partition coefficient (Wildman–Crippen LogP) is 1.26. The molecule has 0 aromatic heterocycles. The lowest BCUT2D eigenvalue weighted by atomic mass is 10.1. The number of hydrogen-bond donors (Lipinski definition) is 0. The van der Waals surface area contributed by atoms with Gasteiger partial charge in [0.05, 0.1) is 26.7 Å². The zero-order valence-electron chi connectivity index (χ0n) is 8.87. The molecule has 74 valence electrons. The first-order valence-electron chi connectivity index (χ1n) is 4.38. The van der Waals surface area contributed by atoms with Crippen molar-refractivity contribution < 1.29 is 20.4 Å². The van der Waals surface area contributed by atoms with Crippen molar-refractivity contribution in [2.24, 2.45) is 0 Å². The number of rotatable bonds is 2. The van der Waals surface area contributed by atoms with Gasteiger partial charge in [-0.05, 0) is 12.1 Å². The Morgan fingerprint density at radius 3 is 2.29 bits per heavy atom. The Kier molecular flexibility index (Phi) is 2.76. The maximum absolute atomic E-state index is 11.3. The molecule has 0 saturated heterocycles. The second-order valence-corrected chi connectivity index (χ2v) is 2.44. The molecule has 14 heavy (non-hydrogen) atoms. The quantitative estimate of drug-likeness (QED) is 0.666. The molecule has 0 unspecified atom stereocenters. The van der Waals surface area contributed by atoms with Gasteiger partial charge in [-0.2, -0.15) is 0 Å². The number of hydrogen-bond acceptors (Lipinski definition) is 4. The lowest BCUT2D eigenvalue weighted by Crippen LogP contribution is -2.11. The molecule has 4 nitrogen and oxygen atoms in total. The van der Waals surface area contributed by atoms with E-state index in [0.29, 0.717) is 0 Å². The molecule has 1 aromatic rings. The molecule has 0 saturated carbocycles. The first-order chi connectivity index (χ1) is 7.11. The van der Waals surface area contributed by atoms with Gasteiger partial charge in [0.1, 0.15) is 0 Å². The number of benzene rings is 1. The Morgan fingerprint density at radius 1 is 1.14 bits per heavy atom. The summed E-state index contributed by atoms with van der Waals surface area (Å²) in [6.45, 7) is 0. The van der Waals surface area contributed by atoms with E-state index in [0.717, 1.165) is 0 Å². The molecular formula is C10H10O4. The van der Waals surface area contributed by atoms with E-state index in [1.807, 2.05) is 0 Å². The van der Waals surface area contributed by atoms with Gasteiger partial charge in [0.25, 0.3) is 0 Å². The van der Waals surface area contributed by atoms with Crippen molar-refractivity contribution >= 4 is 11.9 Å². The van der Waals surface area contributed by atoms with Gasteiger partial charge in [-0.1, -0.05) is 12.1 Å². The van der Waals surface area contributed by atoms with Crippen LogP contribution in [0.25, 0.3) is 0 Å². The smallest absolute Gasteiger partial charge is 0.338 e. The van der Waals surface area contributed by atoms with Crippen LogP contribution in [0.3, 0.4) is 0 Å². The van der Waals surface area contributed by atoms with Crippen molar-refractivity contribution in [3.05, 3.63) is 35.4 Å². The third-order valence-electron chi connectivity index (χ3n) is 1.65. The van der Waals surface area contributed by atoms with E-state index in [1.54, 1.807) is 0 Å². The van der Waals surface area contributed by atoms with Gasteiger partial charge in [0, 0.05) is 0 Å². The molecule has 0 bridgehead atoms. The zero-order valence-corrected chi connectivity index (χ0v) is 7.87. The predicted molar refractivity (Wildman–Crippen MR) is 49.1 cm³/mol. The normalized spacial score (nSPS) is 10.3. The minimum absolute atomic E-state index is 0.0388. The van der Waals surface area contributed by atoms with Crippen molar-refractivity contribution in [1.29, 1.82) is 0 Å². The van der Waals surface area contributed by atoms with Gasteiger partial charge >= 0.3 is 11.9 Å². The highest BCUT2D eigenvalue weighted by Crippen LogP contribution is 2.10. The van der Waals surface area contributed by atoms with Crippen LogP contribution in [0, 0.1) is 0 Å². The summed E-state index contributed by atoms with van der Waals surface area (Å²) in [5, 5.41) is 0. The Labute approximate surface area is 82.8 Å². The molecule has 0 spiro atoms. The van der Waals surface area contributed by atoms with Crippen LogP contribution in [0.15, 0.2) is 24.2 Å². The van der Waals surface area contributed by atoms with Gasteiger partial charge in [-0.25, -0.2) is 9.59 Å². The first kappa shape index (κ1) is 8.74. The second-order valence-electron chi connectivity index (χ2n) is 2.44. The number of carbonyl (C=O) groups is 2. The molecule has 1 rings (SSSR count). The highest BCUT2D eigenvalue weighted by Gasteiger charge is 2.16. The van der Waals surface area contributed by atoms with E-state index >= 15 is 0 Å². The maximum Gasteiger partial charge on any atom is 0.338 e. The minimum Gasteiger partial charge on any atom is -0.465 e. The summed E-state index contributed by atoms with van der Waals surface area (Å²) in [6.07, 6.45) is 0. The summed E-state index contributed by atoms with van der Waals surface area (Å²) in [5.74, 6) is -1.38. The summed E-state index contributed by atoms with van der Waals surface area (Å²) >= 11 is 0. The lowest BCUT2D eigenvalue weighted by molar-refractivity contribution is 0.0555. The van der Waals surface area contributed by atoms with Crippen molar-refractivity contribution in [2.45, 2.75) is 0 Å². The number of carbonyl (C=O) groups excluding carboxylic acids is 2. The van der Waals surface area contributed by atoms with Gasteiger partial charge in [-0.3, -0.25) is 0 Å². The Balaban J connectivity index is 3.32. The van der Waals surface area contributed by atoms with Crippen molar-refractivity contribution in [3.63, 3.8) is 0 Å². The monoisotopic (exact) mass is 195 g/mol. The van der Waals surface area contributed by atoms with Gasteiger partial charge in [0.15, 0.2) is 0 Å². The van der Waals surface area contributed by atoms with Crippen LogP contribution in [0.2, 0.25) is 0 Å². The summed E-state index contributed by atoms with van der Waals surface area (Å²) in [4.78, 5) is 22.6. The highest BCUT2D eigenvalue weighted by atomic mass is 16.5. The summed E-state index contributed by atoms with van der Waals surface area (Å²) in [6, 6.07) is 4.25. The average Bonchev–Trinajstić information content (AvgIpc) is 2.26. The van der Waals surface area contributed by atoms with Crippen LogP contribution in [0.5, 0.6) is 0 Å². The van der Waals surface area contributed by atoms with Crippen LogP contribution < -0.4 is 0 Å². The fourth-order valence-electron chi connectivity index (χ4n) is 0.988. The van der Waals surface area contributed by atoms with E-state index in [-0.39, 0.29) is 17.2 Å². The minimum atomic E-state index is -0.721. The Bertz CT molecular complexity index is 400. The molecule has 1 aromatic carbocycles. The first-order valence-corrected chi connectivity index (χ1v) is 3.88. The molecule has 0 amide bonds. The van der Waals surface area contributed by atoms with Gasteiger partial charge in [-0.15, -0.1) is 0 Å². The SMILES string of the molecule is [2H]c1cccc(C(=O)OC)c1C(=O)OC. The average molecular weight is 195 g/mol. The second kappa shape index (κ2) is 4.41. The number of ether oxygens (including phenoxy) is 2. The van der Waals surface area contributed by atoms with Gasteiger partial charge in [0.2, 0.25) is 0 Å². The fraction of sp³-hybridized carbons (Fsp3) is 0.200. The van der Waals surface area contributed by atoms with E-state index < -0.39 is 11.9 Å². The molecule has 0 aliphatic rings. The van der Waals surface area contributed by atoms with Crippen molar-refractivity contribution in [1.82, 2.24) is 0 Å². The van der Waals surface area contributed by atoms with Crippen LogP contribution in [0.1, 0.15) is 22.1 Å². The third kappa shape index (κ3) is 1.90. The molecule has 0 aliphatic carbocycles. The van der Waals surface area contributed by atoms with E-state index in [9.17, 15) is 9.59 Å². The van der Waals surface area contributed by atoms with E-state index in [1.165, 1.54) is 32.4 Å². The fourth-order valence-corrected chi connectivity index (χ4v) is 0.988. The zero-order chi connectivity index (χ0) is 11.4. The van der Waals surface area contributed by atoms with Crippen molar-refractivity contribution in [3.8, 4) is 0 Å². The maximum atomic E-state index is 11.3. The summed E-state index contributed by atoms with van der Waals surface area (Å²) in [7, 11) is 2.40. The molecule has 4 heteroatoms. The standard InChI is InChI=1S/C10H10O4/c1-13-9(11)7-5-3-4-6-8(7)10(12)14-2/h3-6H,1-2H3/i5D. The van der Waals surface area contributed by atoms with Crippen LogP contribution >= 0.6 is 0 Å². The largest absolute Gasteiger partial charge is 0.465 e. The number of esters is 2. The Hall–Kier alpha value is -1.84. The molecule has 0 atom stereocenters. The van der Waals surface area contributed by atoms with Gasteiger partial charge < -0.3 is 9.47 Å². The van der Waals surface area contributed by atoms with Crippen LogP contribution in [-0.4, -0.2) is 26.2 Å². The molecule has 0 fully saturated rings. The molecule has 0 aliphatic heterocycles. The molecule has 0 heterocycles. The summed E-state index contributed by atoms with van der Waals surface area (Å²) in [5.41, 5.74) is -0.0382. The lowest BCUT2D eigenvalue weighted by Gasteiger charge is -2.04. The van der Waals surface area contributed by atoms with E-state index in [4.69, 9.17) is 1.37 Å². The van der Waals surface area contributed by atoms with Crippen molar-refractivity contribution in [2.75, 3.05) is 14.2 Å². The van der Waals surface area contributed by atoms with E-state index in [2.05, 4.69) is 9.47 Å². The van der Waals surface area contributed by atoms with Crippen LogP contribution in [0.4, 0.5) is 0 Å². The molecule has 0 N–H and O–H groups in total. The summed E-state index contributed by atoms with van der Waals surface area (Å²) < 4.78 is 16.5. The molecule has 0 radical (unpaired) electrons. The Morgan fingerprint density at radius 2 is 1.71 bits per heavy atom. The third-order valence-corrected chi connectivity index (χ3v) is 1.65. The topological polar surface area (TPSA) is 52.6 Å². The number of methoxy groups -OCH3 is 2.